The number of sulfonamides is 1. The standard InChI is InChI=1S/C32H42N4O7S2/c1-22-19-36(23(2)21-37)32(39)27-18-26(34-31(38)25-12-14-33-15-13-25)10-11-28(27)43-24(3)8-5-6-16-42-29(22)20-35(4)45(40,41)30-9-7-17-44-30/h7,9-15,17-18,22-24,29,37H,5-6,8,16,19-21H2,1-4H3,(H,34,38)/t22-,23+,24+,29-/m1/s1. The average molecular weight is 659 g/mol. The molecule has 1 aliphatic rings. The van der Waals surface area contributed by atoms with Crippen LogP contribution in [0.3, 0.4) is 0 Å². The van der Waals surface area contributed by atoms with E-state index in [0.717, 1.165) is 24.2 Å². The smallest absolute Gasteiger partial charge is 0.258 e. The lowest BCUT2D eigenvalue weighted by molar-refractivity contribution is -0.00832. The largest absolute Gasteiger partial charge is 0.490 e. The van der Waals surface area contributed by atoms with Crippen LogP contribution in [0.25, 0.3) is 0 Å². The molecular formula is C32H42N4O7S2. The molecule has 3 aromatic rings. The van der Waals surface area contributed by atoms with Crippen LogP contribution in [-0.2, 0) is 14.8 Å². The van der Waals surface area contributed by atoms with Crippen molar-refractivity contribution in [3.63, 3.8) is 0 Å². The van der Waals surface area contributed by atoms with Gasteiger partial charge in [0.2, 0.25) is 0 Å². The van der Waals surface area contributed by atoms with Crippen LogP contribution in [0.1, 0.15) is 60.7 Å². The maximum absolute atomic E-state index is 14.3. The molecule has 1 aromatic carbocycles. The quantitative estimate of drug-likeness (QED) is 0.361. The van der Waals surface area contributed by atoms with Gasteiger partial charge in [0.05, 0.1) is 30.4 Å². The number of fused-ring (bicyclic) bond motifs is 1. The van der Waals surface area contributed by atoms with Crippen molar-refractivity contribution in [3.8, 4) is 5.75 Å². The van der Waals surface area contributed by atoms with Crippen LogP contribution in [0.5, 0.6) is 5.75 Å². The van der Waals surface area contributed by atoms with Gasteiger partial charge in [0.25, 0.3) is 21.8 Å². The molecule has 2 aromatic heterocycles. The van der Waals surface area contributed by atoms with E-state index < -0.39 is 22.2 Å². The summed E-state index contributed by atoms with van der Waals surface area (Å²) in [6.07, 6.45) is 4.59. The summed E-state index contributed by atoms with van der Waals surface area (Å²) in [4.78, 5) is 32.7. The minimum atomic E-state index is -3.71. The number of benzene rings is 1. The molecule has 0 saturated carbocycles. The third-order valence-electron chi connectivity index (χ3n) is 7.85. The Morgan fingerprint density at radius 1 is 1.20 bits per heavy atom. The molecule has 4 atom stereocenters. The van der Waals surface area contributed by atoms with Gasteiger partial charge in [-0.3, -0.25) is 14.6 Å². The molecule has 1 aliphatic heterocycles. The number of carbonyl (C=O) groups excluding carboxylic acids is 2. The molecule has 2 N–H and O–H groups in total. The number of aliphatic hydroxyl groups excluding tert-OH is 1. The summed E-state index contributed by atoms with van der Waals surface area (Å²) < 4.78 is 40.5. The number of ether oxygens (including phenoxy) is 2. The maximum atomic E-state index is 14.3. The summed E-state index contributed by atoms with van der Waals surface area (Å²) in [6.45, 7) is 6.01. The third kappa shape index (κ3) is 8.88. The number of nitrogens with zero attached hydrogens (tertiary/aromatic N) is 3. The number of pyridine rings is 1. The number of nitrogens with one attached hydrogen (secondary N) is 1. The van der Waals surface area contributed by atoms with Gasteiger partial charge in [-0.2, -0.15) is 4.31 Å². The van der Waals surface area contributed by atoms with Crippen molar-refractivity contribution in [1.82, 2.24) is 14.2 Å². The van der Waals surface area contributed by atoms with Gasteiger partial charge in [-0.05, 0) is 74.9 Å². The van der Waals surface area contributed by atoms with Gasteiger partial charge in [0.1, 0.15) is 9.96 Å². The average Bonchev–Trinajstić information content (AvgIpc) is 3.59. The number of rotatable bonds is 8. The molecule has 4 rings (SSSR count). The summed E-state index contributed by atoms with van der Waals surface area (Å²) in [6, 6.07) is 10.9. The second-order valence-electron chi connectivity index (χ2n) is 11.4. The van der Waals surface area contributed by atoms with E-state index in [1.165, 1.54) is 23.7 Å². The van der Waals surface area contributed by atoms with Gasteiger partial charge in [-0.1, -0.05) is 13.0 Å². The minimum absolute atomic E-state index is 0.0955. The number of hydrogen-bond donors (Lipinski definition) is 2. The Bertz CT molecular complexity index is 1520. The lowest BCUT2D eigenvalue weighted by Crippen LogP contribution is -2.48. The first-order valence-corrected chi connectivity index (χ1v) is 17.4. The topological polar surface area (TPSA) is 138 Å². The van der Waals surface area contributed by atoms with E-state index in [2.05, 4.69) is 10.3 Å². The molecule has 13 heteroatoms. The summed E-state index contributed by atoms with van der Waals surface area (Å²) in [5.41, 5.74) is 1.07. The van der Waals surface area contributed by atoms with Crippen LogP contribution in [-0.4, -0.2) is 91.1 Å². The van der Waals surface area contributed by atoms with E-state index in [9.17, 15) is 23.1 Å². The summed E-state index contributed by atoms with van der Waals surface area (Å²) in [5, 5.41) is 14.7. The zero-order valence-corrected chi connectivity index (χ0v) is 27.7. The van der Waals surface area contributed by atoms with Crippen LogP contribution < -0.4 is 10.1 Å². The van der Waals surface area contributed by atoms with E-state index in [1.54, 1.807) is 59.7 Å². The molecule has 0 radical (unpaired) electrons. The van der Waals surface area contributed by atoms with Crippen LogP contribution in [0, 0.1) is 5.92 Å². The van der Waals surface area contributed by atoms with Crippen molar-refractivity contribution in [2.75, 3.05) is 38.7 Å². The number of hydrogen-bond acceptors (Lipinski definition) is 9. The van der Waals surface area contributed by atoms with Crippen LogP contribution in [0.4, 0.5) is 5.69 Å². The Balaban J connectivity index is 1.65. The van der Waals surface area contributed by atoms with Crippen molar-refractivity contribution < 1.29 is 32.6 Å². The van der Waals surface area contributed by atoms with Crippen LogP contribution in [0.15, 0.2) is 64.4 Å². The number of carbonyl (C=O) groups is 2. The summed E-state index contributed by atoms with van der Waals surface area (Å²) in [7, 11) is -2.18. The van der Waals surface area contributed by atoms with Crippen molar-refractivity contribution in [2.24, 2.45) is 5.92 Å². The molecule has 0 unspecified atom stereocenters. The fourth-order valence-electron chi connectivity index (χ4n) is 5.08. The van der Waals surface area contributed by atoms with E-state index >= 15 is 0 Å². The third-order valence-corrected chi connectivity index (χ3v) is 11.0. The Morgan fingerprint density at radius 3 is 2.64 bits per heavy atom. The van der Waals surface area contributed by atoms with Gasteiger partial charge in [0, 0.05) is 56.3 Å². The van der Waals surface area contributed by atoms with Gasteiger partial charge >= 0.3 is 0 Å². The van der Waals surface area contributed by atoms with E-state index in [4.69, 9.17) is 9.47 Å². The molecule has 244 valence electrons. The first kappa shape index (κ1) is 34.5. The molecule has 0 bridgehead atoms. The number of amides is 2. The number of aliphatic hydroxyl groups is 1. The number of thiophene rings is 1. The highest BCUT2D eigenvalue weighted by atomic mass is 32.2. The molecule has 0 spiro atoms. The minimum Gasteiger partial charge on any atom is -0.490 e. The van der Waals surface area contributed by atoms with E-state index in [1.807, 2.05) is 13.8 Å². The van der Waals surface area contributed by atoms with E-state index in [0.29, 0.717) is 30.0 Å². The lowest BCUT2D eigenvalue weighted by atomic mass is 10.0. The second-order valence-corrected chi connectivity index (χ2v) is 14.6. The summed E-state index contributed by atoms with van der Waals surface area (Å²) in [5.74, 6) is -0.662. The molecule has 0 fully saturated rings. The van der Waals surface area contributed by atoms with Gasteiger partial charge < -0.3 is 24.8 Å². The van der Waals surface area contributed by atoms with Crippen LogP contribution >= 0.6 is 11.3 Å². The fraction of sp³-hybridized carbons (Fsp3) is 0.469. The normalized spacial score (nSPS) is 21.0. The van der Waals surface area contributed by atoms with Crippen molar-refractivity contribution >= 4 is 38.9 Å². The number of likely N-dealkylation sites (N-methyl/N-ethyl adjacent to an activating group) is 1. The zero-order chi connectivity index (χ0) is 32.6. The molecular weight excluding hydrogens is 617 g/mol. The van der Waals surface area contributed by atoms with Crippen molar-refractivity contribution in [2.45, 2.75) is 62.5 Å². The molecule has 2 amide bonds. The Labute approximate surface area is 269 Å². The van der Waals surface area contributed by atoms with E-state index in [-0.39, 0.29) is 53.3 Å². The highest BCUT2D eigenvalue weighted by Gasteiger charge is 2.32. The molecule has 0 saturated heterocycles. The predicted octanol–water partition coefficient (Wildman–Crippen LogP) is 4.51. The van der Waals surface area contributed by atoms with Gasteiger partial charge in [-0.15, -0.1) is 11.3 Å². The molecule has 11 nitrogen and oxygen atoms in total. The zero-order valence-electron chi connectivity index (χ0n) is 26.1. The SMILES string of the molecule is C[C@@H]1CN([C@@H](C)CO)C(=O)c2cc(NC(=O)c3ccncc3)ccc2O[C@@H](C)CCCCO[C@@H]1CN(C)S(=O)(=O)c1cccs1. The second kappa shape index (κ2) is 15.8. The monoisotopic (exact) mass is 658 g/mol. The lowest BCUT2D eigenvalue weighted by Gasteiger charge is -2.35. The fourth-order valence-corrected chi connectivity index (χ4v) is 7.47. The number of anilines is 1. The summed E-state index contributed by atoms with van der Waals surface area (Å²) >= 11 is 1.16. The Kier molecular flexibility index (Phi) is 12.1. The molecule has 45 heavy (non-hydrogen) atoms. The molecule has 0 aliphatic carbocycles. The first-order valence-electron chi connectivity index (χ1n) is 15.1. The predicted molar refractivity (Wildman–Crippen MR) is 173 cm³/mol. The first-order chi connectivity index (χ1) is 21.5. The van der Waals surface area contributed by atoms with Gasteiger partial charge in [-0.25, -0.2) is 8.42 Å². The Hall–Kier alpha value is -3.36. The molecule has 3 heterocycles. The maximum Gasteiger partial charge on any atom is 0.258 e. The number of aromatic nitrogens is 1. The highest BCUT2D eigenvalue weighted by Crippen LogP contribution is 2.29. The Morgan fingerprint density at radius 2 is 1.96 bits per heavy atom. The highest BCUT2D eigenvalue weighted by molar-refractivity contribution is 7.91. The van der Waals surface area contributed by atoms with Crippen molar-refractivity contribution in [1.29, 1.82) is 0 Å². The van der Waals surface area contributed by atoms with Crippen LogP contribution in [0.2, 0.25) is 0 Å². The van der Waals surface area contributed by atoms with Gasteiger partial charge in [0.15, 0.2) is 0 Å². The van der Waals surface area contributed by atoms with Crippen molar-refractivity contribution in [3.05, 3.63) is 71.4 Å².